The van der Waals surface area contributed by atoms with Crippen LogP contribution in [0.5, 0.6) is 0 Å². The molecule has 4 nitrogen and oxygen atoms in total. The summed E-state index contributed by atoms with van der Waals surface area (Å²) in [7, 11) is 0. The SMILES string of the molecule is OCC1(OOC2(CO)CCCCC2)CCCCC1. The van der Waals surface area contributed by atoms with Crippen LogP contribution in [0.4, 0.5) is 0 Å². The Kier molecular flexibility index (Phi) is 5.01. The Morgan fingerprint density at radius 3 is 1.22 bits per heavy atom. The number of hydrogen-bond acceptors (Lipinski definition) is 4. The van der Waals surface area contributed by atoms with Crippen molar-refractivity contribution in [2.24, 2.45) is 0 Å². The highest BCUT2D eigenvalue weighted by Crippen LogP contribution is 2.36. The van der Waals surface area contributed by atoms with Crippen LogP contribution in [0, 0.1) is 0 Å². The first kappa shape index (κ1) is 14.3. The van der Waals surface area contributed by atoms with Crippen LogP contribution in [0.2, 0.25) is 0 Å². The van der Waals surface area contributed by atoms with Crippen molar-refractivity contribution in [2.75, 3.05) is 13.2 Å². The Morgan fingerprint density at radius 1 is 0.611 bits per heavy atom. The first-order valence-corrected chi connectivity index (χ1v) is 7.33. The van der Waals surface area contributed by atoms with E-state index in [2.05, 4.69) is 0 Å². The van der Waals surface area contributed by atoms with Crippen molar-refractivity contribution >= 4 is 0 Å². The van der Waals surface area contributed by atoms with Gasteiger partial charge in [0.2, 0.25) is 0 Å². The minimum absolute atomic E-state index is 0.00844. The van der Waals surface area contributed by atoms with E-state index >= 15 is 0 Å². The van der Waals surface area contributed by atoms with E-state index in [0.29, 0.717) is 0 Å². The molecule has 0 aromatic carbocycles. The van der Waals surface area contributed by atoms with Crippen molar-refractivity contribution < 1.29 is 20.0 Å². The first-order valence-electron chi connectivity index (χ1n) is 7.33. The van der Waals surface area contributed by atoms with Crippen LogP contribution < -0.4 is 0 Å². The van der Waals surface area contributed by atoms with E-state index in [9.17, 15) is 10.2 Å². The molecular weight excluding hydrogens is 232 g/mol. The van der Waals surface area contributed by atoms with Crippen LogP contribution in [0.15, 0.2) is 0 Å². The summed E-state index contributed by atoms with van der Waals surface area (Å²) in [6, 6.07) is 0. The van der Waals surface area contributed by atoms with Crippen LogP contribution in [0.25, 0.3) is 0 Å². The highest BCUT2D eigenvalue weighted by Gasteiger charge is 2.39. The van der Waals surface area contributed by atoms with E-state index < -0.39 is 11.2 Å². The van der Waals surface area contributed by atoms with Crippen LogP contribution in [0.3, 0.4) is 0 Å². The smallest absolute Gasteiger partial charge is 0.126 e. The highest BCUT2D eigenvalue weighted by molar-refractivity contribution is 4.85. The maximum Gasteiger partial charge on any atom is 0.126 e. The molecule has 0 unspecified atom stereocenters. The minimum atomic E-state index is -0.530. The Bertz CT molecular complexity index is 216. The van der Waals surface area contributed by atoms with Gasteiger partial charge in [-0.25, -0.2) is 9.78 Å². The average Bonchev–Trinajstić information content (AvgIpc) is 2.47. The summed E-state index contributed by atoms with van der Waals surface area (Å²) in [6.45, 7) is 0.0169. The van der Waals surface area contributed by atoms with Crippen LogP contribution >= 0.6 is 0 Å². The molecule has 4 heteroatoms. The zero-order valence-corrected chi connectivity index (χ0v) is 11.2. The largest absolute Gasteiger partial charge is 0.393 e. The second kappa shape index (κ2) is 6.33. The van der Waals surface area contributed by atoms with Gasteiger partial charge in [-0.15, -0.1) is 0 Å². The molecule has 18 heavy (non-hydrogen) atoms. The molecule has 2 fully saturated rings. The number of aliphatic hydroxyl groups excluding tert-OH is 2. The molecule has 0 aromatic rings. The van der Waals surface area contributed by atoms with Gasteiger partial charge < -0.3 is 10.2 Å². The standard InChI is InChI=1S/C14H26O4/c15-11-13(7-3-1-4-8-13)17-18-14(12-16)9-5-2-6-10-14/h15-16H,1-12H2. The van der Waals surface area contributed by atoms with E-state index in [1.165, 1.54) is 12.8 Å². The molecule has 2 aliphatic rings. The molecule has 0 atom stereocenters. The Balaban J connectivity index is 1.91. The average molecular weight is 258 g/mol. The lowest BCUT2D eigenvalue weighted by atomic mass is 9.85. The van der Waals surface area contributed by atoms with Crippen molar-refractivity contribution in [1.29, 1.82) is 0 Å². The summed E-state index contributed by atoms with van der Waals surface area (Å²) < 4.78 is 0. The van der Waals surface area contributed by atoms with Gasteiger partial charge in [-0.3, -0.25) is 0 Å². The van der Waals surface area contributed by atoms with Gasteiger partial charge in [-0.05, 0) is 25.7 Å². The van der Waals surface area contributed by atoms with E-state index in [0.717, 1.165) is 51.4 Å². The molecule has 106 valence electrons. The zero-order chi connectivity index (χ0) is 12.9. The topological polar surface area (TPSA) is 58.9 Å². The third-order valence-electron chi connectivity index (χ3n) is 4.50. The van der Waals surface area contributed by atoms with Gasteiger partial charge in [-0.1, -0.05) is 38.5 Å². The number of hydrogen-bond donors (Lipinski definition) is 2. The molecule has 0 aromatic heterocycles. The number of aliphatic hydroxyl groups is 2. The fourth-order valence-electron chi connectivity index (χ4n) is 3.10. The molecule has 2 rings (SSSR count). The minimum Gasteiger partial charge on any atom is -0.393 e. The lowest BCUT2D eigenvalue weighted by Gasteiger charge is -2.40. The van der Waals surface area contributed by atoms with Gasteiger partial charge in [0, 0.05) is 0 Å². The molecule has 0 radical (unpaired) electrons. The van der Waals surface area contributed by atoms with Crippen molar-refractivity contribution in [3.8, 4) is 0 Å². The normalized spacial score (nSPS) is 27.0. The molecule has 0 amide bonds. The molecule has 2 N–H and O–H groups in total. The predicted molar refractivity (Wildman–Crippen MR) is 68.0 cm³/mol. The van der Waals surface area contributed by atoms with E-state index in [-0.39, 0.29) is 13.2 Å². The van der Waals surface area contributed by atoms with Crippen LogP contribution in [-0.2, 0) is 9.78 Å². The lowest BCUT2D eigenvalue weighted by Crippen LogP contribution is -2.46. The van der Waals surface area contributed by atoms with Crippen molar-refractivity contribution in [2.45, 2.75) is 75.4 Å². The van der Waals surface area contributed by atoms with Gasteiger partial charge in [0.1, 0.15) is 11.2 Å². The van der Waals surface area contributed by atoms with Crippen molar-refractivity contribution in [1.82, 2.24) is 0 Å². The molecule has 2 saturated carbocycles. The Morgan fingerprint density at radius 2 is 0.944 bits per heavy atom. The van der Waals surface area contributed by atoms with Crippen molar-refractivity contribution in [3.63, 3.8) is 0 Å². The molecule has 2 aliphatic carbocycles. The maximum absolute atomic E-state index is 9.56. The summed E-state index contributed by atoms with van der Waals surface area (Å²) in [5.74, 6) is 0. The zero-order valence-electron chi connectivity index (χ0n) is 11.2. The van der Waals surface area contributed by atoms with Gasteiger partial charge in [0.15, 0.2) is 0 Å². The quantitative estimate of drug-likeness (QED) is 0.587. The summed E-state index contributed by atoms with van der Waals surface area (Å²) in [5, 5.41) is 19.1. The monoisotopic (exact) mass is 258 g/mol. The highest BCUT2D eigenvalue weighted by atomic mass is 17.2. The van der Waals surface area contributed by atoms with Gasteiger partial charge >= 0.3 is 0 Å². The molecule has 0 saturated heterocycles. The van der Waals surface area contributed by atoms with Gasteiger partial charge in [-0.2, -0.15) is 0 Å². The van der Waals surface area contributed by atoms with E-state index in [1.807, 2.05) is 0 Å². The van der Waals surface area contributed by atoms with Gasteiger partial charge in [0.05, 0.1) is 13.2 Å². The van der Waals surface area contributed by atoms with E-state index in [4.69, 9.17) is 9.78 Å². The summed E-state index contributed by atoms with van der Waals surface area (Å²) in [5.41, 5.74) is -1.06. The van der Waals surface area contributed by atoms with Crippen LogP contribution in [0.1, 0.15) is 64.2 Å². The summed E-state index contributed by atoms with van der Waals surface area (Å²) >= 11 is 0. The fourth-order valence-corrected chi connectivity index (χ4v) is 3.10. The van der Waals surface area contributed by atoms with Crippen molar-refractivity contribution in [3.05, 3.63) is 0 Å². The Hall–Kier alpha value is -0.160. The first-order chi connectivity index (χ1) is 8.74. The van der Waals surface area contributed by atoms with Crippen LogP contribution in [-0.4, -0.2) is 34.6 Å². The molecular formula is C14H26O4. The summed E-state index contributed by atoms with van der Waals surface area (Å²) in [6.07, 6.45) is 10.1. The number of rotatable bonds is 5. The second-order valence-corrected chi connectivity index (χ2v) is 5.97. The van der Waals surface area contributed by atoms with Gasteiger partial charge in [0.25, 0.3) is 0 Å². The second-order valence-electron chi connectivity index (χ2n) is 5.97. The molecule has 0 heterocycles. The molecule has 0 aliphatic heterocycles. The summed E-state index contributed by atoms with van der Waals surface area (Å²) in [4.78, 5) is 11.3. The molecule has 0 spiro atoms. The molecule has 0 bridgehead atoms. The lowest BCUT2D eigenvalue weighted by molar-refractivity contribution is -0.430. The third kappa shape index (κ3) is 3.23. The van der Waals surface area contributed by atoms with E-state index in [1.54, 1.807) is 0 Å². The Labute approximate surface area is 109 Å². The maximum atomic E-state index is 9.56. The predicted octanol–water partition coefficient (Wildman–Crippen LogP) is 2.33. The third-order valence-corrected chi connectivity index (χ3v) is 4.50. The fraction of sp³-hybridized carbons (Fsp3) is 1.00.